The van der Waals surface area contributed by atoms with Crippen molar-refractivity contribution in [1.29, 1.82) is 0 Å². The number of nitrogens with zero attached hydrogens (tertiary/aromatic N) is 3. The van der Waals surface area contributed by atoms with Crippen LogP contribution in [-0.4, -0.2) is 48.5 Å². The molecular weight excluding hydrogens is 300 g/mol. The number of likely N-dealkylation sites (tertiary alicyclic amines) is 1. The Morgan fingerprint density at radius 1 is 1.36 bits per heavy atom. The molecule has 6 nitrogen and oxygen atoms in total. The fraction of sp³-hybridized carbons (Fsp3) is 0.800. The van der Waals surface area contributed by atoms with Crippen LogP contribution in [0.5, 0.6) is 0 Å². The van der Waals surface area contributed by atoms with Gasteiger partial charge in [-0.3, -0.25) is 9.58 Å². The first-order valence-corrected chi connectivity index (χ1v) is 9.92. The third kappa shape index (κ3) is 4.54. The molecule has 1 saturated heterocycles. The maximum atomic E-state index is 11.4. The monoisotopic (exact) mass is 328 g/mol. The lowest BCUT2D eigenvalue weighted by molar-refractivity contribution is 0.194. The first-order chi connectivity index (χ1) is 10.3. The second-order valence-corrected chi connectivity index (χ2v) is 8.12. The summed E-state index contributed by atoms with van der Waals surface area (Å²) in [6, 6.07) is 0.0232. The van der Waals surface area contributed by atoms with Gasteiger partial charge < -0.3 is 0 Å². The predicted molar refractivity (Wildman–Crippen MR) is 88.3 cm³/mol. The highest BCUT2D eigenvalue weighted by molar-refractivity contribution is 7.88. The molecule has 1 unspecified atom stereocenters. The molecule has 0 aromatic carbocycles. The van der Waals surface area contributed by atoms with Crippen LogP contribution in [0.15, 0.2) is 0 Å². The molecule has 0 bridgehead atoms. The van der Waals surface area contributed by atoms with E-state index in [1.165, 1.54) is 17.5 Å². The summed E-state index contributed by atoms with van der Waals surface area (Å²) >= 11 is 0. The summed E-state index contributed by atoms with van der Waals surface area (Å²) in [5, 5.41) is 4.62. The van der Waals surface area contributed by atoms with Gasteiger partial charge >= 0.3 is 0 Å². The standard InChI is InChI=1S/C15H28N4O2S/c1-5-8-19-13(3)15(12(2)16-19)11-18-9-6-7-14(10-18)17-22(4,20)21/h14,17H,5-11H2,1-4H3. The Morgan fingerprint density at radius 2 is 2.09 bits per heavy atom. The summed E-state index contributed by atoms with van der Waals surface area (Å²) in [6.45, 7) is 9.92. The molecule has 1 aliphatic rings. The molecule has 0 aliphatic carbocycles. The van der Waals surface area contributed by atoms with Crippen LogP contribution in [0.4, 0.5) is 0 Å². The molecule has 1 fully saturated rings. The number of nitrogens with one attached hydrogen (secondary N) is 1. The second kappa shape index (κ2) is 7.10. The largest absolute Gasteiger partial charge is 0.297 e. The van der Waals surface area contributed by atoms with Crippen molar-refractivity contribution in [3.63, 3.8) is 0 Å². The van der Waals surface area contributed by atoms with Crippen LogP contribution in [0.3, 0.4) is 0 Å². The normalized spacial score (nSPS) is 20.5. The smallest absolute Gasteiger partial charge is 0.208 e. The minimum atomic E-state index is -3.13. The molecule has 0 spiro atoms. The summed E-state index contributed by atoms with van der Waals surface area (Å²) in [7, 11) is -3.13. The summed E-state index contributed by atoms with van der Waals surface area (Å²) < 4.78 is 27.6. The Morgan fingerprint density at radius 3 is 2.73 bits per heavy atom. The van der Waals surface area contributed by atoms with Crippen molar-refractivity contribution < 1.29 is 8.42 Å². The van der Waals surface area contributed by atoms with E-state index in [0.29, 0.717) is 0 Å². The molecule has 126 valence electrons. The molecule has 2 rings (SSSR count). The van der Waals surface area contributed by atoms with Crippen molar-refractivity contribution in [2.75, 3.05) is 19.3 Å². The van der Waals surface area contributed by atoms with Crippen LogP contribution in [-0.2, 0) is 23.1 Å². The lowest BCUT2D eigenvalue weighted by atomic mass is 10.1. The Kier molecular flexibility index (Phi) is 5.63. The van der Waals surface area contributed by atoms with E-state index in [0.717, 1.165) is 51.1 Å². The summed E-state index contributed by atoms with van der Waals surface area (Å²) in [5.74, 6) is 0. The van der Waals surface area contributed by atoms with Crippen molar-refractivity contribution in [1.82, 2.24) is 19.4 Å². The first-order valence-electron chi connectivity index (χ1n) is 8.02. The highest BCUT2D eigenvalue weighted by Gasteiger charge is 2.24. The van der Waals surface area contributed by atoms with E-state index in [2.05, 4.69) is 40.2 Å². The van der Waals surface area contributed by atoms with E-state index in [1.807, 2.05) is 0 Å². The summed E-state index contributed by atoms with van der Waals surface area (Å²) in [6.07, 6.45) is 4.24. The van der Waals surface area contributed by atoms with Crippen LogP contribution in [0, 0.1) is 13.8 Å². The van der Waals surface area contributed by atoms with E-state index in [9.17, 15) is 8.42 Å². The van der Waals surface area contributed by atoms with Crippen LogP contribution >= 0.6 is 0 Å². The van der Waals surface area contributed by atoms with Crippen LogP contribution < -0.4 is 4.72 Å². The van der Waals surface area contributed by atoms with Crippen LogP contribution in [0.25, 0.3) is 0 Å². The number of sulfonamides is 1. The Balaban J connectivity index is 2.04. The zero-order valence-corrected chi connectivity index (χ0v) is 14.9. The molecule has 0 radical (unpaired) electrons. The highest BCUT2D eigenvalue weighted by Crippen LogP contribution is 2.19. The molecule has 1 atom stereocenters. The SMILES string of the molecule is CCCn1nc(C)c(CN2CCCC(NS(C)(=O)=O)C2)c1C. The summed E-state index contributed by atoms with van der Waals surface area (Å²) in [5.41, 5.74) is 3.61. The number of piperidine rings is 1. The highest BCUT2D eigenvalue weighted by atomic mass is 32.2. The maximum Gasteiger partial charge on any atom is 0.208 e. The third-order valence-corrected chi connectivity index (χ3v) is 5.00. The first kappa shape index (κ1) is 17.4. The van der Waals surface area contributed by atoms with Gasteiger partial charge in [0.1, 0.15) is 0 Å². The maximum absolute atomic E-state index is 11.4. The molecule has 1 aromatic rings. The van der Waals surface area contributed by atoms with Gasteiger partial charge in [0.2, 0.25) is 10.0 Å². The Bertz CT molecular complexity index is 609. The fourth-order valence-corrected chi connectivity index (χ4v) is 4.01. The molecule has 1 aliphatic heterocycles. The molecule has 1 N–H and O–H groups in total. The van der Waals surface area contributed by atoms with Crippen LogP contribution in [0.1, 0.15) is 43.1 Å². The van der Waals surface area contributed by atoms with Crippen molar-refractivity contribution >= 4 is 10.0 Å². The Labute approximate surface area is 133 Å². The number of rotatable bonds is 6. The van der Waals surface area contributed by atoms with E-state index in [-0.39, 0.29) is 6.04 Å². The van der Waals surface area contributed by atoms with E-state index in [1.54, 1.807) is 0 Å². The average molecular weight is 328 g/mol. The van der Waals surface area contributed by atoms with Gasteiger partial charge in [-0.1, -0.05) is 6.92 Å². The molecule has 22 heavy (non-hydrogen) atoms. The number of aryl methyl sites for hydroxylation is 2. The van der Waals surface area contributed by atoms with Gasteiger partial charge in [0.25, 0.3) is 0 Å². The third-order valence-electron chi connectivity index (χ3n) is 4.23. The lowest BCUT2D eigenvalue weighted by Gasteiger charge is -2.32. The molecule has 1 aromatic heterocycles. The quantitative estimate of drug-likeness (QED) is 0.858. The minimum absolute atomic E-state index is 0.0232. The molecule has 0 amide bonds. The molecule has 0 saturated carbocycles. The minimum Gasteiger partial charge on any atom is -0.297 e. The number of hydrogen-bond acceptors (Lipinski definition) is 4. The Hall–Kier alpha value is -0.920. The van der Waals surface area contributed by atoms with Crippen molar-refractivity contribution in [3.8, 4) is 0 Å². The van der Waals surface area contributed by atoms with Gasteiger partial charge in [-0.25, -0.2) is 13.1 Å². The molecule has 2 heterocycles. The number of hydrogen-bond donors (Lipinski definition) is 1. The van der Waals surface area contributed by atoms with Gasteiger partial charge in [0.05, 0.1) is 11.9 Å². The van der Waals surface area contributed by atoms with E-state index in [4.69, 9.17) is 0 Å². The fourth-order valence-electron chi connectivity index (χ4n) is 3.21. The zero-order valence-electron chi connectivity index (χ0n) is 14.1. The molecule has 7 heteroatoms. The second-order valence-electron chi connectivity index (χ2n) is 6.34. The van der Waals surface area contributed by atoms with Gasteiger partial charge in [-0.15, -0.1) is 0 Å². The van der Waals surface area contributed by atoms with Gasteiger partial charge in [0, 0.05) is 36.9 Å². The van der Waals surface area contributed by atoms with Crippen LogP contribution in [0.2, 0.25) is 0 Å². The van der Waals surface area contributed by atoms with E-state index >= 15 is 0 Å². The zero-order chi connectivity index (χ0) is 16.3. The number of aromatic nitrogens is 2. The van der Waals surface area contributed by atoms with E-state index < -0.39 is 10.0 Å². The van der Waals surface area contributed by atoms with Gasteiger partial charge in [-0.05, 0) is 39.7 Å². The van der Waals surface area contributed by atoms with Crippen molar-refractivity contribution in [2.24, 2.45) is 0 Å². The average Bonchev–Trinajstić information content (AvgIpc) is 2.66. The predicted octanol–water partition coefficient (Wildman–Crippen LogP) is 1.42. The van der Waals surface area contributed by atoms with Gasteiger partial charge in [-0.2, -0.15) is 5.10 Å². The molecular formula is C15H28N4O2S. The summed E-state index contributed by atoms with van der Waals surface area (Å²) in [4.78, 5) is 2.33. The van der Waals surface area contributed by atoms with Gasteiger partial charge in [0.15, 0.2) is 0 Å². The van der Waals surface area contributed by atoms with Crippen molar-refractivity contribution in [2.45, 2.75) is 59.2 Å². The topological polar surface area (TPSA) is 67.2 Å². The van der Waals surface area contributed by atoms with Crippen molar-refractivity contribution in [3.05, 3.63) is 17.0 Å². The lowest BCUT2D eigenvalue weighted by Crippen LogP contribution is -2.47.